The number of nitrogens with zero attached hydrogens (tertiary/aromatic N) is 1. The van der Waals surface area contributed by atoms with E-state index >= 15 is 0 Å². The van der Waals surface area contributed by atoms with Crippen molar-refractivity contribution in [2.75, 3.05) is 19.5 Å². The minimum atomic E-state index is -4.85. The lowest BCUT2D eigenvalue weighted by Crippen LogP contribution is -2.18. The number of aromatic nitrogens is 1. The maximum Gasteiger partial charge on any atom is 0.419 e. The highest BCUT2D eigenvalue weighted by Gasteiger charge is 2.38. The molecule has 0 fully saturated rings. The number of primary amides is 1. The van der Waals surface area contributed by atoms with E-state index in [1.807, 2.05) is 0 Å². The number of halogens is 4. The largest absolute Gasteiger partial charge is 0.495 e. The zero-order valence-corrected chi connectivity index (χ0v) is 17.7. The quantitative estimate of drug-likeness (QED) is 0.486. The molecule has 0 aliphatic heterocycles. The minimum absolute atomic E-state index is 0.0194. The van der Waals surface area contributed by atoms with Crippen molar-refractivity contribution < 1.29 is 41.4 Å². The predicted molar refractivity (Wildman–Crippen MR) is 112 cm³/mol. The van der Waals surface area contributed by atoms with Crippen LogP contribution in [0.15, 0.2) is 48.7 Å². The second kappa shape index (κ2) is 9.65. The van der Waals surface area contributed by atoms with Gasteiger partial charge in [-0.3, -0.25) is 14.6 Å². The molecule has 2 amide bonds. The second-order valence-electron chi connectivity index (χ2n) is 6.66. The number of benzene rings is 2. The van der Waals surface area contributed by atoms with E-state index in [4.69, 9.17) is 19.9 Å². The maximum atomic E-state index is 13.7. The van der Waals surface area contributed by atoms with Crippen molar-refractivity contribution >= 4 is 17.5 Å². The standard InChI is InChI=1S/C22H17F4N3O5/c1-32-17-10-12(3-5-14(17)23)34-16-6-4-13(22(24,25)26)19(33-2)18(16)21(31)29-11-7-8-28-15(9-11)20(27)30/h3-10H,1-2H3,(H2,27,30)(H,28,29,31). The van der Waals surface area contributed by atoms with E-state index in [2.05, 4.69) is 10.3 Å². The van der Waals surface area contributed by atoms with Crippen molar-refractivity contribution in [2.45, 2.75) is 6.18 Å². The number of carbonyl (C=O) groups is 2. The lowest BCUT2D eigenvalue weighted by Gasteiger charge is -2.19. The van der Waals surface area contributed by atoms with Crippen molar-refractivity contribution in [1.82, 2.24) is 4.98 Å². The fraction of sp³-hybridized carbons (Fsp3) is 0.136. The Labute approximate surface area is 190 Å². The van der Waals surface area contributed by atoms with Gasteiger partial charge in [0, 0.05) is 18.0 Å². The first-order valence-corrected chi connectivity index (χ1v) is 9.42. The third-order valence-electron chi connectivity index (χ3n) is 4.48. The van der Waals surface area contributed by atoms with Crippen molar-refractivity contribution in [2.24, 2.45) is 5.73 Å². The molecule has 3 N–H and O–H groups in total. The van der Waals surface area contributed by atoms with Gasteiger partial charge < -0.3 is 25.3 Å². The topological polar surface area (TPSA) is 113 Å². The van der Waals surface area contributed by atoms with E-state index in [9.17, 15) is 27.2 Å². The fourth-order valence-electron chi connectivity index (χ4n) is 2.97. The first kappa shape index (κ1) is 24.3. The summed E-state index contributed by atoms with van der Waals surface area (Å²) in [4.78, 5) is 28.2. The van der Waals surface area contributed by atoms with Crippen LogP contribution >= 0.6 is 0 Å². The van der Waals surface area contributed by atoms with E-state index in [1.54, 1.807) is 0 Å². The Balaban J connectivity index is 2.10. The van der Waals surface area contributed by atoms with Gasteiger partial charge in [-0.2, -0.15) is 13.2 Å². The summed E-state index contributed by atoms with van der Waals surface area (Å²) in [6.45, 7) is 0. The normalized spacial score (nSPS) is 11.0. The van der Waals surface area contributed by atoms with Gasteiger partial charge in [0.05, 0.1) is 19.8 Å². The number of hydrogen-bond donors (Lipinski definition) is 2. The fourth-order valence-corrected chi connectivity index (χ4v) is 2.97. The molecule has 0 saturated carbocycles. The summed E-state index contributed by atoms with van der Waals surface area (Å²) >= 11 is 0. The predicted octanol–water partition coefficient (Wildman–Crippen LogP) is 4.40. The molecule has 3 rings (SSSR count). The Bertz CT molecular complexity index is 1250. The Morgan fingerprint density at radius 1 is 1.00 bits per heavy atom. The van der Waals surface area contributed by atoms with Gasteiger partial charge in [-0.25, -0.2) is 4.39 Å². The highest BCUT2D eigenvalue weighted by molar-refractivity contribution is 6.09. The Morgan fingerprint density at radius 2 is 1.74 bits per heavy atom. The lowest BCUT2D eigenvalue weighted by molar-refractivity contribution is -0.138. The van der Waals surface area contributed by atoms with Crippen LogP contribution in [0.5, 0.6) is 23.0 Å². The zero-order chi connectivity index (χ0) is 25.0. The van der Waals surface area contributed by atoms with E-state index in [-0.39, 0.29) is 28.6 Å². The smallest absolute Gasteiger partial charge is 0.419 e. The molecular formula is C22H17F4N3O5. The van der Waals surface area contributed by atoms with Crippen LogP contribution in [0.2, 0.25) is 0 Å². The SMILES string of the molecule is COc1cc(Oc2ccc(C(F)(F)F)c(OC)c2C(=O)Nc2ccnc(C(N)=O)c2)ccc1F. The third-order valence-corrected chi connectivity index (χ3v) is 4.48. The number of ether oxygens (including phenoxy) is 3. The van der Waals surface area contributed by atoms with Gasteiger partial charge in [0.2, 0.25) is 0 Å². The van der Waals surface area contributed by atoms with Crippen LogP contribution in [0.25, 0.3) is 0 Å². The number of carbonyl (C=O) groups excluding carboxylic acids is 2. The molecule has 0 unspecified atom stereocenters. The summed E-state index contributed by atoms with van der Waals surface area (Å²) < 4.78 is 69.9. The number of nitrogens with two attached hydrogens (primary N) is 1. The highest BCUT2D eigenvalue weighted by atomic mass is 19.4. The van der Waals surface area contributed by atoms with Gasteiger partial charge in [-0.05, 0) is 36.4 Å². The lowest BCUT2D eigenvalue weighted by atomic mass is 10.1. The van der Waals surface area contributed by atoms with E-state index in [0.717, 1.165) is 31.4 Å². The van der Waals surface area contributed by atoms with Crippen molar-refractivity contribution in [3.05, 3.63) is 71.3 Å². The Kier molecular flexibility index (Phi) is 6.89. The Hall–Kier alpha value is -4.35. The van der Waals surface area contributed by atoms with Crippen LogP contribution in [0.3, 0.4) is 0 Å². The number of amides is 2. The van der Waals surface area contributed by atoms with Gasteiger partial charge in [0.25, 0.3) is 11.8 Å². The molecule has 0 aliphatic carbocycles. The van der Waals surface area contributed by atoms with Gasteiger partial charge in [0.15, 0.2) is 11.6 Å². The molecule has 1 aromatic heterocycles. The van der Waals surface area contributed by atoms with E-state index in [0.29, 0.717) is 6.07 Å². The van der Waals surface area contributed by atoms with Crippen molar-refractivity contribution in [1.29, 1.82) is 0 Å². The molecule has 3 aromatic rings. The molecule has 0 radical (unpaired) electrons. The first-order valence-electron chi connectivity index (χ1n) is 9.42. The minimum Gasteiger partial charge on any atom is -0.495 e. The number of methoxy groups -OCH3 is 2. The van der Waals surface area contributed by atoms with Gasteiger partial charge in [0.1, 0.15) is 28.5 Å². The van der Waals surface area contributed by atoms with Crippen LogP contribution in [0.1, 0.15) is 26.4 Å². The molecule has 0 saturated heterocycles. The highest BCUT2D eigenvalue weighted by Crippen LogP contribution is 2.43. The average Bonchev–Trinajstić information content (AvgIpc) is 2.79. The number of pyridine rings is 1. The Morgan fingerprint density at radius 3 is 2.35 bits per heavy atom. The molecule has 2 aromatic carbocycles. The van der Waals surface area contributed by atoms with Crippen LogP contribution in [-0.4, -0.2) is 31.0 Å². The van der Waals surface area contributed by atoms with Gasteiger partial charge in [-0.15, -0.1) is 0 Å². The van der Waals surface area contributed by atoms with Crippen LogP contribution in [-0.2, 0) is 6.18 Å². The number of rotatable bonds is 7. The summed E-state index contributed by atoms with van der Waals surface area (Å²) in [6.07, 6.45) is -3.67. The summed E-state index contributed by atoms with van der Waals surface area (Å²) in [7, 11) is 2.18. The van der Waals surface area contributed by atoms with Crippen LogP contribution in [0.4, 0.5) is 23.2 Å². The summed E-state index contributed by atoms with van der Waals surface area (Å²) in [6, 6.07) is 7.44. The van der Waals surface area contributed by atoms with Crippen molar-refractivity contribution in [3.8, 4) is 23.0 Å². The number of nitrogens with one attached hydrogen (secondary N) is 1. The zero-order valence-electron chi connectivity index (χ0n) is 17.7. The summed E-state index contributed by atoms with van der Waals surface area (Å²) in [5.41, 5.74) is 3.20. The molecule has 8 nitrogen and oxygen atoms in total. The molecule has 0 atom stereocenters. The van der Waals surface area contributed by atoms with E-state index < -0.39 is 40.7 Å². The van der Waals surface area contributed by atoms with E-state index in [1.165, 1.54) is 25.4 Å². The van der Waals surface area contributed by atoms with Gasteiger partial charge in [-0.1, -0.05) is 0 Å². The molecule has 34 heavy (non-hydrogen) atoms. The number of anilines is 1. The first-order chi connectivity index (χ1) is 16.0. The molecule has 178 valence electrons. The van der Waals surface area contributed by atoms with Crippen LogP contribution in [0, 0.1) is 5.82 Å². The van der Waals surface area contributed by atoms with Gasteiger partial charge >= 0.3 is 6.18 Å². The summed E-state index contributed by atoms with van der Waals surface area (Å²) in [5, 5.41) is 2.37. The molecule has 12 heteroatoms. The van der Waals surface area contributed by atoms with Crippen molar-refractivity contribution in [3.63, 3.8) is 0 Å². The molecule has 0 bridgehead atoms. The number of alkyl halides is 3. The molecular weight excluding hydrogens is 462 g/mol. The molecule has 0 aliphatic rings. The average molecular weight is 479 g/mol. The van der Waals surface area contributed by atoms with Crippen LogP contribution < -0.4 is 25.3 Å². The maximum absolute atomic E-state index is 13.7. The summed E-state index contributed by atoms with van der Waals surface area (Å²) in [5.74, 6) is -3.94. The molecule has 1 heterocycles. The monoisotopic (exact) mass is 479 g/mol. The third kappa shape index (κ3) is 5.17. The molecule has 0 spiro atoms. The second-order valence-corrected chi connectivity index (χ2v) is 6.66. The number of hydrogen-bond acceptors (Lipinski definition) is 6.